The van der Waals surface area contributed by atoms with Gasteiger partial charge in [0.05, 0.1) is 20.6 Å². The van der Waals surface area contributed by atoms with Gasteiger partial charge in [-0.1, -0.05) is 24.3 Å². The van der Waals surface area contributed by atoms with Gasteiger partial charge in [0.15, 0.2) is 18.1 Å². The summed E-state index contributed by atoms with van der Waals surface area (Å²) < 4.78 is 15.4. The van der Waals surface area contributed by atoms with Crippen molar-refractivity contribution in [2.45, 2.75) is 12.8 Å². The van der Waals surface area contributed by atoms with Gasteiger partial charge in [0.2, 0.25) is 0 Å². The maximum atomic E-state index is 12.0. The number of para-hydroxylation sites is 1. The van der Waals surface area contributed by atoms with Crippen molar-refractivity contribution in [3.63, 3.8) is 0 Å². The van der Waals surface area contributed by atoms with E-state index in [1.54, 1.807) is 25.3 Å². The highest BCUT2D eigenvalue weighted by atomic mass is 16.5. The van der Waals surface area contributed by atoms with E-state index in [9.17, 15) is 9.59 Å². The summed E-state index contributed by atoms with van der Waals surface area (Å²) in [7, 11) is 3.07. The second-order valence-electron chi connectivity index (χ2n) is 6.49. The van der Waals surface area contributed by atoms with Gasteiger partial charge in [0.1, 0.15) is 0 Å². The molecule has 0 aliphatic heterocycles. The number of ether oxygens (including phenoxy) is 3. The molecule has 7 heteroatoms. The molecule has 0 fully saturated rings. The monoisotopic (exact) mass is 396 g/mol. The summed E-state index contributed by atoms with van der Waals surface area (Å²) in [6.45, 7) is 0.161. The van der Waals surface area contributed by atoms with Crippen LogP contribution >= 0.6 is 0 Å². The molecule has 7 nitrogen and oxygen atoms in total. The number of carbonyl (C=O) groups excluding carboxylic acids is 2. The number of hydrogen-bond donors (Lipinski definition) is 2. The molecule has 2 N–H and O–H groups in total. The fourth-order valence-electron chi connectivity index (χ4n) is 3.08. The summed E-state index contributed by atoms with van der Waals surface area (Å²) in [5.74, 6) is 0.307. The zero-order valence-corrected chi connectivity index (χ0v) is 16.5. The van der Waals surface area contributed by atoms with Gasteiger partial charge < -0.3 is 24.5 Å². The Kier molecular flexibility index (Phi) is 6.73. The quantitative estimate of drug-likeness (QED) is 0.543. The van der Waals surface area contributed by atoms with E-state index in [1.807, 2.05) is 30.5 Å². The van der Waals surface area contributed by atoms with E-state index < -0.39 is 5.97 Å². The van der Waals surface area contributed by atoms with Crippen molar-refractivity contribution in [3.8, 4) is 11.5 Å². The molecule has 0 saturated heterocycles. The van der Waals surface area contributed by atoms with Crippen LogP contribution < -0.4 is 14.8 Å². The van der Waals surface area contributed by atoms with Gasteiger partial charge in [-0.05, 0) is 35.7 Å². The normalized spacial score (nSPS) is 10.6. The number of aromatic nitrogens is 1. The molecule has 0 aliphatic carbocycles. The van der Waals surface area contributed by atoms with Crippen LogP contribution in [0.1, 0.15) is 11.1 Å². The Labute approximate surface area is 169 Å². The van der Waals surface area contributed by atoms with Crippen molar-refractivity contribution in [3.05, 3.63) is 59.8 Å². The summed E-state index contributed by atoms with van der Waals surface area (Å²) in [5, 5.41) is 3.91. The minimum Gasteiger partial charge on any atom is -0.493 e. The highest BCUT2D eigenvalue weighted by Gasteiger charge is 2.11. The highest BCUT2D eigenvalue weighted by Crippen LogP contribution is 2.27. The molecule has 0 spiro atoms. The molecule has 152 valence electrons. The van der Waals surface area contributed by atoms with E-state index in [4.69, 9.17) is 14.2 Å². The summed E-state index contributed by atoms with van der Waals surface area (Å²) >= 11 is 0. The Bertz CT molecular complexity index is 996. The van der Waals surface area contributed by atoms with Crippen LogP contribution in [-0.2, 0) is 27.2 Å². The van der Waals surface area contributed by atoms with Crippen LogP contribution in [0.2, 0.25) is 0 Å². The van der Waals surface area contributed by atoms with Crippen LogP contribution in [0.25, 0.3) is 10.9 Å². The van der Waals surface area contributed by atoms with Gasteiger partial charge >= 0.3 is 5.97 Å². The molecule has 29 heavy (non-hydrogen) atoms. The molecule has 3 aromatic rings. The van der Waals surface area contributed by atoms with Crippen LogP contribution in [0.15, 0.2) is 48.7 Å². The van der Waals surface area contributed by atoms with Gasteiger partial charge in [-0.3, -0.25) is 9.59 Å². The van der Waals surface area contributed by atoms with Crippen molar-refractivity contribution in [1.29, 1.82) is 0 Å². The van der Waals surface area contributed by atoms with Crippen LogP contribution in [0, 0.1) is 0 Å². The maximum Gasteiger partial charge on any atom is 0.310 e. The number of fused-ring (bicyclic) bond motifs is 1. The van der Waals surface area contributed by atoms with E-state index >= 15 is 0 Å². The SMILES string of the molecule is COc1ccc(CC(=O)OCC(=O)NCCc2c[nH]c3ccccc23)cc1OC. The van der Waals surface area contributed by atoms with Crippen molar-refractivity contribution >= 4 is 22.8 Å². The Morgan fingerprint density at radius 1 is 1.03 bits per heavy atom. The second-order valence-corrected chi connectivity index (χ2v) is 6.49. The minimum absolute atomic E-state index is 0.0446. The lowest BCUT2D eigenvalue weighted by molar-refractivity contribution is -0.147. The van der Waals surface area contributed by atoms with Gasteiger partial charge in [0, 0.05) is 23.6 Å². The van der Waals surface area contributed by atoms with Gasteiger partial charge in [0.25, 0.3) is 5.91 Å². The smallest absolute Gasteiger partial charge is 0.310 e. The van der Waals surface area contributed by atoms with Crippen LogP contribution in [-0.4, -0.2) is 44.2 Å². The number of amides is 1. The van der Waals surface area contributed by atoms with Crippen molar-refractivity contribution in [2.24, 2.45) is 0 Å². The lowest BCUT2D eigenvalue weighted by atomic mass is 10.1. The zero-order valence-electron chi connectivity index (χ0n) is 16.5. The fourth-order valence-corrected chi connectivity index (χ4v) is 3.08. The number of H-pyrrole nitrogens is 1. The first kappa shape index (κ1) is 20.3. The van der Waals surface area contributed by atoms with E-state index in [-0.39, 0.29) is 18.9 Å². The third kappa shape index (κ3) is 5.28. The molecule has 1 aromatic heterocycles. The molecule has 0 saturated carbocycles. The van der Waals surface area contributed by atoms with Crippen molar-refractivity contribution < 1.29 is 23.8 Å². The molecule has 0 bridgehead atoms. The van der Waals surface area contributed by atoms with E-state index in [2.05, 4.69) is 10.3 Å². The van der Waals surface area contributed by atoms with Crippen molar-refractivity contribution in [2.75, 3.05) is 27.4 Å². The third-order valence-corrected chi connectivity index (χ3v) is 4.55. The fraction of sp³-hybridized carbons (Fsp3) is 0.273. The summed E-state index contributed by atoms with van der Waals surface area (Å²) in [6, 6.07) is 13.2. The number of benzene rings is 2. The number of hydrogen-bond acceptors (Lipinski definition) is 5. The van der Waals surface area contributed by atoms with Gasteiger partial charge in [-0.2, -0.15) is 0 Å². The average molecular weight is 396 g/mol. The van der Waals surface area contributed by atoms with E-state index in [0.29, 0.717) is 30.0 Å². The zero-order chi connectivity index (χ0) is 20.6. The predicted octanol–water partition coefficient (Wildman–Crippen LogP) is 2.63. The molecule has 1 heterocycles. The highest BCUT2D eigenvalue weighted by molar-refractivity contribution is 5.83. The number of methoxy groups -OCH3 is 2. The summed E-state index contributed by atoms with van der Waals surface area (Å²) in [5.41, 5.74) is 2.91. The Balaban J connectivity index is 1.41. The molecular formula is C22H24N2O5. The van der Waals surface area contributed by atoms with Crippen LogP contribution in [0.5, 0.6) is 11.5 Å². The molecule has 1 amide bonds. The standard InChI is InChI=1S/C22H24N2O5/c1-27-19-8-7-15(11-20(19)28-2)12-22(26)29-14-21(25)23-10-9-16-13-24-18-6-4-3-5-17(16)18/h3-8,11,13,24H,9-10,12,14H2,1-2H3,(H,23,25). The first-order chi connectivity index (χ1) is 14.1. The minimum atomic E-state index is -0.482. The number of rotatable bonds is 9. The van der Waals surface area contributed by atoms with Gasteiger partial charge in [-0.15, -0.1) is 0 Å². The Morgan fingerprint density at radius 2 is 1.83 bits per heavy atom. The number of carbonyl (C=O) groups is 2. The number of esters is 1. The maximum absolute atomic E-state index is 12.0. The lowest BCUT2D eigenvalue weighted by Gasteiger charge is -2.10. The van der Waals surface area contributed by atoms with Gasteiger partial charge in [-0.25, -0.2) is 0 Å². The predicted molar refractivity (Wildman–Crippen MR) is 109 cm³/mol. The Morgan fingerprint density at radius 3 is 2.62 bits per heavy atom. The molecule has 0 aliphatic rings. The largest absolute Gasteiger partial charge is 0.493 e. The topological polar surface area (TPSA) is 89.6 Å². The summed E-state index contributed by atoms with van der Waals surface area (Å²) in [6.07, 6.45) is 2.68. The molecule has 3 rings (SSSR count). The molecular weight excluding hydrogens is 372 g/mol. The van der Waals surface area contributed by atoms with E-state index in [1.165, 1.54) is 7.11 Å². The molecule has 0 unspecified atom stereocenters. The van der Waals surface area contributed by atoms with Crippen LogP contribution in [0.3, 0.4) is 0 Å². The third-order valence-electron chi connectivity index (χ3n) is 4.55. The molecule has 0 radical (unpaired) electrons. The first-order valence-electron chi connectivity index (χ1n) is 9.29. The van der Waals surface area contributed by atoms with E-state index in [0.717, 1.165) is 16.5 Å². The first-order valence-corrected chi connectivity index (χ1v) is 9.29. The van der Waals surface area contributed by atoms with Crippen LogP contribution in [0.4, 0.5) is 0 Å². The number of nitrogens with one attached hydrogen (secondary N) is 2. The molecule has 0 atom stereocenters. The lowest BCUT2D eigenvalue weighted by Crippen LogP contribution is -2.30. The molecule has 2 aromatic carbocycles. The average Bonchev–Trinajstić information content (AvgIpc) is 3.15. The second kappa shape index (κ2) is 9.64. The summed E-state index contributed by atoms with van der Waals surface area (Å²) in [4.78, 5) is 27.1. The number of aromatic amines is 1. The Hall–Kier alpha value is -3.48. The van der Waals surface area contributed by atoms with Crippen molar-refractivity contribution in [1.82, 2.24) is 10.3 Å².